The van der Waals surface area contributed by atoms with Gasteiger partial charge in [-0.05, 0) is 75.5 Å². The van der Waals surface area contributed by atoms with Crippen molar-refractivity contribution in [2.75, 3.05) is 26.2 Å². The number of likely N-dealkylation sites (tertiary alicyclic amines) is 1. The van der Waals surface area contributed by atoms with Crippen LogP contribution >= 0.6 is 0 Å². The fourth-order valence-corrected chi connectivity index (χ4v) is 3.06. The molecule has 0 bridgehead atoms. The van der Waals surface area contributed by atoms with E-state index >= 15 is 0 Å². The van der Waals surface area contributed by atoms with Crippen LogP contribution in [-0.4, -0.2) is 31.1 Å². The van der Waals surface area contributed by atoms with Gasteiger partial charge >= 0.3 is 0 Å². The molecule has 0 radical (unpaired) electrons. The monoisotopic (exact) mass is 292 g/mol. The first-order valence-electron chi connectivity index (χ1n) is 8.40. The highest BCUT2D eigenvalue weighted by Gasteiger charge is 2.15. The van der Waals surface area contributed by atoms with Crippen LogP contribution in [0.2, 0.25) is 0 Å². The van der Waals surface area contributed by atoms with E-state index in [1.165, 1.54) is 44.5 Å². The molecule has 0 spiro atoms. The zero-order valence-electron chi connectivity index (χ0n) is 13.4. The van der Waals surface area contributed by atoms with E-state index in [1.54, 1.807) is 12.1 Å². The summed E-state index contributed by atoms with van der Waals surface area (Å²) in [6, 6.07) is 7.22. The van der Waals surface area contributed by atoms with Crippen LogP contribution in [0.15, 0.2) is 24.3 Å². The molecule has 118 valence electrons. The summed E-state index contributed by atoms with van der Waals surface area (Å²) in [5, 5.41) is 3.60. The van der Waals surface area contributed by atoms with Crippen LogP contribution in [0.1, 0.15) is 51.1 Å². The average molecular weight is 292 g/mol. The Kier molecular flexibility index (Phi) is 6.65. The molecule has 0 aliphatic carbocycles. The predicted molar refractivity (Wildman–Crippen MR) is 86.9 cm³/mol. The molecule has 1 fully saturated rings. The number of hydrogen-bond acceptors (Lipinski definition) is 2. The Morgan fingerprint density at radius 1 is 1.24 bits per heavy atom. The van der Waals surface area contributed by atoms with Crippen LogP contribution in [0.25, 0.3) is 0 Å². The third-order valence-corrected chi connectivity index (χ3v) is 4.60. The van der Waals surface area contributed by atoms with Gasteiger partial charge in [-0.3, -0.25) is 0 Å². The van der Waals surface area contributed by atoms with E-state index in [0.29, 0.717) is 6.04 Å². The molecule has 1 unspecified atom stereocenters. The Bertz CT molecular complexity index is 396. The van der Waals surface area contributed by atoms with Crippen LogP contribution < -0.4 is 5.32 Å². The normalized spacial score (nSPS) is 18.8. The third-order valence-electron chi connectivity index (χ3n) is 4.60. The summed E-state index contributed by atoms with van der Waals surface area (Å²) in [4.78, 5) is 2.58. The lowest BCUT2D eigenvalue weighted by Crippen LogP contribution is -2.35. The number of piperidine rings is 1. The SMILES string of the molecule is CCC(NCCCN1CCC(C)CC1)c1ccc(F)cc1. The zero-order valence-corrected chi connectivity index (χ0v) is 13.4. The largest absolute Gasteiger partial charge is 0.310 e. The van der Waals surface area contributed by atoms with Gasteiger partial charge in [0.15, 0.2) is 0 Å². The van der Waals surface area contributed by atoms with Crippen molar-refractivity contribution >= 4 is 0 Å². The number of hydrogen-bond donors (Lipinski definition) is 1. The molecular formula is C18H29FN2. The van der Waals surface area contributed by atoms with Gasteiger partial charge in [0.1, 0.15) is 5.82 Å². The quantitative estimate of drug-likeness (QED) is 0.765. The maximum atomic E-state index is 13.0. The molecule has 3 heteroatoms. The summed E-state index contributed by atoms with van der Waals surface area (Å²) in [7, 11) is 0. The van der Waals surface area contributed by atoms with Crippen molar-refractivity contribution in [2.24, 2.45) is 5.92 Å². The topological polar surface area (TPSA) is 15.3 Å². The van der Waals surface area contributed by atoms with Crippen LogP contribution in [0.4, 0.5) is 4.39 Å². The molecule has 1 N–H and O–H groups in total. The fraction of sp³-hybridized carbons (Fsp3) is 0.667. The predicted octanol–water partition coefficient (Wildman–Crippen LogP) is 3.99. The average Bonchev–Trinajstić information content (AvgIpc) is 2.50. The van der Waals surface area contributed by atoms with Crippen molar-refractivity contribution in [1.82, 2.24) is 10.2 Å². The standard InChI is InChI=1S/C18H29FN2/c1-3-18(16-5-7-17(19)8-6-16)20-11-4-12-21-13-9-15(2)10-14-21/h5-8,15,18,20H,3-4,9-14H2,1-2H3. The maximum absolute atomic E-state index is 13.0. The first kappa shape index (κ1) is 16.4. The third kappa shape index (κ3) is 5.40. The zero-order chi connectivity index (χ0) is 15.1. The summed E-state index contributed by atoms with van der Waals surface area (Å²) in [5.74, 6) is 0.746. The molecule has 1 aliphatic heterocycles. The second-order valence-electron chi connectivity index (χ2n) is 6.34. The highest BCUT2D eigenvalue weighted by molar-refractivity contribution is 5.19. The first-order chi connectivity index (χ1) is 10.2. The van der Waals surface area contributed by atoms with Crippen molar-refractivity contribution in [3.8, 4) is 0 Å². The van der Waals surface area contributed by atoms with Crippen molar-refractivity contribution in [1.29, 1.82) is 0 Å². The number of benzene rings is 1. The van der Waals surface area contributed by atoms with Crippen molar-refractivity contribution in [3.05, 3.63) is 35.6 Å². The first-order valence-corrected chi connectivity index (χ1v) is 8.40. The van der Waals surface area contributed by atoms with E-state index < -0.39 is 0 Å². The molecule has 0 aromatic heterocycles. The molecule has 1 aliphatic rings. The molecule has 2 rings (SSSR count). The van der Waals surface area contributed by atoms with Gasteiger partial charge in [-0.1, -0.05) is 26.0 Å². The van der Waals surface area contributed by atoms with Gasteiger partial charge in [0.25, 0.3) is 0 Å². The Morgan fingerprint density at radius 3 is 2.52 bits per heavy atom. The van der Waals surface area contributed by atoms with E-state index in [4.69, 9.17) is 0 Å². The lowest BCUT2D eigenvalue weighted by atomic mass is 9.99. The number of nitrogens with zero attached hydrogens (tertiary/aromatic N) is 1. The molecule has 1 aromatic rings. The van der Waals surface area contributed by atoms with E-state index in [9.17, 15) is 4.39 Å². The lowest BCUT2D eigenvalue weighted by molar-refractivity contribution is 0.189. The van der Waals surface area contributed by atoms with E-state index in [-0.39, 0.29) is 5.82 Å². The van der Waals surface area contributed by atoms with Gasteiger partial charge in [-0.25, -0.2) is 4.39 Å². The molecular weight excluding hydrogens is 263 g/mol. The van der Waals surface area contributed by atoms with Crippen LogP contribution in [-0.2, 0) is 0 Å². The van der Waals surface area contributed by atoms with Crippen molar-refractivity contribution < 1.29 is 4.39 Å². The lowest BCUT2D eigenvalue weighted by Gasteiger charge is -2.30. The van der Waals surface area contributed by atoms with E-state index in [1.807, 2.05) is 12.1 Å². The fourth-order valence-electron chi connectivity index (χ4n) is 3.06. The summed E-state index contributed by atoms with van der Waals surface area (Å²) in [6.45, 7) is 9.27. The van der Waals surface area contributed by atoms with Crippen molar-refractivity contribution in [2.45, 2.75) is 45.6 Å². The van der Waals surface area contributed by atoms with Gasteiger partial charge in [0, 0.05) is 6.04 Å². The Labute approximate surface area is 128 Å². The molecule has 21 heavy (non-hydrogen) atoms. The van der Waals surface area contributed by atoms with Crippen LogP contribution in [0.3, 0.4) is 0 Å². The Balaban J connectivity index is 1.67. The molecule has 1 aromatic carbocycles. The minimum absolute atomic E-state index is 0.159. The summed E-state index contributed by atoms with van der Waals surface area (Å²) < 4.78 is 13.0. The van der Waals surface area contributed by atoms with Crippen LogP contribution in [0.5, 0.6) is 0 Å². The van der Waals surface area contributed by atoms with Gasteiger partial charge in [-0.15, -0.1) is 0 Å². The summed E-state index contributed by atoms with van der Waals surface area (Å²) in [5.41, 5.74) is 1.19. The summed E-state index contributed by atoms with van der Waals surface area (Å²) in [6.07, 6.45) is 4.92. The molecule has 1 atom stereocenters. The summed E-state index contributed by atoms with van der Waals surface area (Å²) >= 11 is 0. The van der Waals surface area contributed by atoms with Gasteiger partial charge in [-0.2, -0.15) is 0 Å². The Morgan fingerprint density at radius 2 is 1.90 bits per heavy atom. The minimum atomic E-state index is -0.159. The second kappa shape index (κ2) is 8.50. The van der Waals surface area contributed by atoms with Gasteiger partial charge in [0.2, 0.25) is 0 Å². The van der Waals surface area contributed by atoms with Crippen molar-refractivity contribution in [3.63, 3.8) is 0 Å². The van der Waals surface area contributed by atoms with E-state index in [2.05, 4.69) is 24.1 Å². The molecule has 2 nitrogen and oxygen atoms in total. The molecule has 0 amide bonds. The van der Waals surface area contributed by atoms with E-state index in [0.717, 1.165) is 18.9 Å². The van der Waals surface area contributed by atoms with Gasteiger partial charge in [0.05, 0.1) is 0 Å². The smallest absolute Gasteiger partial charge is 0.123 e. The number of halogens is 1. The number of rotatable bonds is 7. The molecule has 1 saturated heterocycles. The highest BCUT2D eigenvalue weighted by atomic mass is 19.1. The molecule has 0 saturated carbocycles. The van der Waals surface area contributed by atoms with Crippen LogP contribution in [0, 0.1) is 11.7 Å². The molecule has 1 heterocycles. The number of nitrogens with one attached hydrogen (secondary N) is 1. The maximum Gasteiger partial charge on any atom is 0.123 e. The highest BCUT2D eigenvalue weighted by Crippen LogP contribution is 2.18. The Hall–Kier alpha value is -0.930. The van der Waals surface area contributed by atoms with Gasteiger partial charge < -0.3 is 10.2 Å². The second-order valence-corrected chi connectivity index (χ2v) is 6.34. The minimum Gasteiger partial charge on any atom is -0.310 e.